The molecule has 111 valence electrons. The van der Waals surface area contributed by atoms with Gasteiger partial charge in [-0.15, -0.1) is 0 Å². The van der Waals surface area contributed by atoms with Gasteiger partial charge in [0.2, 0.25) is 5.82 Å². The Morgan fingerprint density at radius 2 is 1.87 bits per heavy atom. The van der Waals surface area contributed by atoms with Crippen molar-refractivity contribution in [2.24, 2.45) is 0 Å². The smallest absolute Gasteiger partial charge is 0.269 e. The summed E-state index contributed by atoms with van der Waals surface area (Å²) in [4.78, 5) is 26.6. The highest BCUT2D eigenvalue weighted by Crippen LogP contribution is 2.31. The lowest BCUT2D eigenvalue weighted by atomic mass is 10.2. The summed E-state index contributed by atoms with van der Waals surface area (Å²) >= 11 is 0. The van der Waals surface area contributed by atoms with Crippen molar-refractivity contribution < 1.29 is 4.79 Å². The van der Waals surface area contributed by atoms with Gasteiger partial charge >= 0.3 is 6.03 Å². The molecule has 1 aliphatic rings. The predicted molar refractivity (Wildman–Crippen MR) is 85.1 cm³/mol. The molecule has 0 saturated carbocycles. The Morgan fingerprint density at radius 1 is 1.00 bits per heavy atom. The van der Waals surface area contributed by atoms with Gasteiger partial charge < -0.3 is 0 Å². The summed E-state index contributed by atoms with van der Waals surface area (Å²) in [6.45, 7) is 0.418. The summed E-state index contributed by atoms with van der Waals surface area (Å²) in [6.07, 6.45) is 5.02. The number of benzene rings is 1. The average Bonchev–Trinajstić information content (AvgIpc) is 2.92. The van der Waals surface area contributed by atoms with E-state index < -0.39 is 0 Å². The molecule has 1 radical (unpaired) electrons. The summed E-state index contributed by atoms with van der Waals surface area (Å²) in [5.41, 5.74) is 2.53. The third-order valence-electron chi connectivity index (χ3n) is 3.56. The molecule has 2 amide bonds. The molecular weight excluding hydrogens is 290 g/mol. The van der Waals surface area contributed by atoms with E-state index in [-0.39, 0.29) is 6.03 Å². The van der Waals surface area contributed by atoms with Crippen LogP contribution >= 0.6 is 0 Å². The van der Waals surface area contributed by atoms with E-state index in [1.54, 1.807) is 18.6 Å². The van der Waals surface area contributed by atoms with Crippen LogP contribution in [0.25, 0.3) is 11.3 Å². The number of hydrogen-bond donors (Lipinski definition) is 0. The number of urea groups is 1. The third-order valence-corrected chi connectivity index (χ3v) is 3.56. The topological polar surface area (TPSA) is 73.1 Å². The highest BCUT2D eigenvalue weighted by Gasteiger charge is 2.32. The summed E-state index contributed by atoms with van der Waals surface area (Å²) in [5, 5.41) is 3.96. The Hall–Kier alpha value is -3.28. The van der Waals surface area contributed by atoms with Gasteiger partial charge in [0.1, 0.15) is 0 Å². The first-order valence-corrected chi connectivity index (χ1v) is 7.16. The maximum atomic E-state index is 12.2. The van der Waals surface area contributed by atoms with Gasteiger partial charge in [0.05, 0.1) is 18.4 Å². The Kier molecular flexibility index (Phi) is 3.20. The largest absolute Gasteiger partial charge is 0.351 e. The molecule has 6 nitrogen and oxygen atoms in total. The van der Waals surface area contributed by atoms with Crippen LogP contribution < -0.4 is 10.2 Å². The maximum Gasteiger partial charge on any atom is 0.351 e. The molecule has 0 spiro atoms. The molecular formula is C17H12N5O. The minimum absolute atomic E-state index is 0.341. The van der Waals surface area contributed by atoms with E-state index in [0.717, 1.165) is 11.1 Å². The number of rotatable bonds is 3. The van der Waals surface area contributed by atoms with Crippen LogP contribution in [0.15, 0.2) is 61.1 Å². The molecule has 1 aliphatic heterocycles. The van der Waals surface area contributed by atoms with Gasteiger partial charge in [-0.25, -0.2) is 14.8 Å². The van der Waals surface area contributed by atoms with Crippen LogP contribution in [-0.2, 0) is 6.54 Å². The molecule has 6 heteroatoms. The van der Waals surface area contributed by atoms with Crippen LogP contribution in [0.4, 0.5) is 16.4 Å². The first kappa shape index (κ1) is 13.4. The summed E-state index contributed by atoms with van der Waals surface area (Å²) in [5.74, 6) is 0.846. The van der Waals surface area contributed by atoms with Crippen LogP contribution in [-0.4, -0.2) is 21.0 Å². The van der Waals surface area contributed by atoms with Gasteiger partial charge in [-0.3, -0.25) is 9.88 Å². The monoisotopic (exact) mass is 302 g/mol. The van der Waals surface area contributed by atoms with Crippen molar-refractivity contribution in [3.05, 3.63) is 66.6 Å². The molecule has 3 aromatic rings. The Balaban J connectivity index is 1.71. The Labute approximate surface area is 132 Å². The van der Waals surface area contributed by atoms with Gasteiger partial charge in [-0.1, -0.05) is 30.3 Å². The van der Waals surface area contributed by atoms with E-state index in [1.165, 1.54) is 4.90 Å². The third kappa shape index (κ3) is 2.50. The van der Waals surface area contributed by atoms with E-state index in [9.17, 15) is 4.79 Å². The van der Waals surface area contributed by atoms with Crippen molar-refractivity contribution in [3.8, 4) is 11.3 Å². The number of hydrogen-bond acceptors (Lipinski definition) is 4. The Morgan fingerprint density at radius 3 is 2.65 bits per heavy atom. The number of carbonyl (C=O) groups excluding carboxylic acids is 1. The summed E-state index contributed by atoms with van der Waals surface area (Å²) in [7, 11) is 0. The van der Waals surface area contributed by atoms with Gasteiger partial charge in [0, 0.05) is 18.0 Å². The van der Waals surface area contributed by atoms with Crippen LogP contribution in [0, 0.1) is 0 Å². The van der Waals surface area contributed by atoms with Crippen molar-refractivity contribution in [3.63, 3.8) is 0 Å². The second kappa shape index (κ2) is 5.49. The van der Waals surface area contributed by atoms with Gasteiger partial charge in [-0.2, -0.15) is 5.32 Å². The highest BCUT2D eigenvalue weighted by molar-refractivity contribution is 6.01. The number of nitrogens with zero attached hydrogens (tertiary/aromatic N) is 5. The molecule has 0 N–H and O–H groups in total. The lowest BCUT2D eigenvalue weighted by molar-refractivity contribution is 0.250. The van der Waals surface area contributed by atoms with Crippen LogP contribution in [0.2, 0.25) is 0 Å². The van der Waals surface area contributed by atoms with Crippen molar-refractivity contribution in [1.82, 2.24) is 20.3 Å². The summed E-state index contributed by atoms with van der Waals surface area (Å²) < 4.78 is 0. The number of pyridine rings is 1. The molecule has 4 rings (SSSR count). The second-order valence-electron chi connectivity index (χ2n) is 5.11. The Bertz CT molecular complexity index is 851. The quantitative estimate of drug-likeness (QED) is 0.745. The second-order valence-corrected chi connectivity index (χ2v) is 5.11. The van der Waals surface area contributed by atoms with Crippen molar-refractivity contribution in [2.75, 3.05) is 4.90 Å². The van der Waals surface area contributed by atoms with Crippen molar-refractivity contribution >= 4 is 17.7 Å². The van der Waals surface area contributed by atoms with Crippen molar-refractivity contribution in [2.45, 2.75) is 6.54 Å². The normalized spacial score (nSPS) is 12.9. The van der Waals surface area contributed by atoms with E-state index >= 15 is 0 Å². The zero-order valence-electron chi connectivity index (χ0n) is 12.1. The fourth-order valence-corrected chi connectivity index (χ4v) is 2.44. The summed E-state index contributed by atoms with van der Waals surface area (Å²) in [6, 6.07) is 13.1. The fourth-order valence-electron chi connectivity index (χ4n) is 2.44. The molecule has 3 heterocycles. The minimum atomic E-state index is -0.341. The van der Waals surface area contributed by atoms with Gasteiger partial charge in [0.25, 0.3) is 0 Å². The molecule has 0 unspecified atom stereocenters. The average molecular weight is 302 g/mol. The maximum absolute atomic E-state index is 12.2. The van der Waals surface area contributed by atoms with E-state index in [1.807, 2.05) is 42.5 Å². The molecule has 0 fully saturated rings. The minimum Gasteiger partial charge on any atom is -0.269 e. The zero-order valence-corrected chi connectivity index (χ0v) is 12.1. The zero-order chi connectivity index (χ0) is 15.6. The molecule has 0 atom stereocenters. The lowest BCUT2D eigenvalue weighted by Crippen LogP contribution is -2.28. The number of anilines is 1. The number of amides is 2. The molecule has 2 aromatic heterocycles. The molecule has 0 bridgehead atoms. The number of carbonyl (C=O) groups is 1. The lowest BCUT2D eigenvalue weighted by Gasteiger charge is -2.14. The standard InChI is InChI=1S/C17H12N5O/c23-17-21-15-16(22(17)11-12-5-2-1-3-6-12)20-14(10-19-15)13-7-4-8-18-9-13/h1-10H,11H2. The van der Waals surface area contributed by atoms with Crippen LogP contribution in [0.3, 0.4) is 0 Å². The molecule has 1 aromatic carbocycles. The van der Waals surface area contributed by atoms with E-state index in [0.29, 0.717) is 23.9 Å². The predicted octanol–water partition coefficient (Wildman–Crippen LogP) is 2.91. The SMILES string of the molecule is O=C1[N]c2ncc(-c3cccnc3)nc2N1Cc1ccccc1. The molecule has 23 heavy (non-hydrogen) atoms. The van der Waals surface area contributed by atoms with Crippen LogP contribution in [0.1, 0.15) is 5.56 Å². The number of fused-ring (bicyclic) bond motifs is 1. The van der Waals surface area contributed by atoms with E-state index in [4.69, 9.17) is 0 Å². The number of aromatic nitrogens is 3. The van der Waals surface area contributed by atoms with E-state index in [2.05, 4.69) is 20.3 Å². The first-order valence-electron chi connectivity index (χ1n) is 7.16. The van der Waals surface area contributed by atoms with Gasteiger partial charge in [0.15, 0.2) is 5.82 Å². The first-order chi connectivity index (χ1) is 11.3. The molecule has 0 aliphatic carbocycles. The molecule has 0 saturated heterocycles. The van der Waals surface area contributed by atoms with Crippen LogP contribution in [0.5, 0.6) is 0 Å². The fraction of sp³-hybridized carbons (Fsp3) is 0.0588. The van der Waals surface area contributed by atoms with Crippen molar-refractivity contribution in [1.29, 1.82) is 0 Å². The van der Waals surface area contributed by atoms with Gasteiger partial charge in [-0.05, 0) is 17.7 Å². The highest BCUT2D eigenvalue weighted by atomic mass is 16.2.